The van der Waals surface area contributed by atoms with Crippen LogP contribution in [0.2, 0.25) is 10.3 Å². The molecule has 1 aliphatic rings. The standard InChI is InChI=1S/C14H8Cl2F3N5/c15-10-8(9-7(14(17,18)19)2-1-5-20-9)11(16)24-13(21-10)22-12(23-24)6-3-4-6/h1-2,5-6H,3-4H2. The predicted molar refractivity (Wildman–Crippen MR) is 81.0 cm³/mol. The molecule has 0 bridgehead atoms. The fourth-order valence-corrected chi connectivity index (χ4v) is 3.00. The Morgan fingerprint density at radius 1 is 1.17 bits per heavy atom. The number of aromatic nitrogens is 5. The molecule has 1 aliphatic carbocycles. The minimum absolute atomic E-state index is 0.103. The number of alkyl halides is 3. The van der Waals surface area contributed by atoms with Gasteiger partial charge in [0.05, 0.1) is 16.8 Å². The van der Waals surface area contributed by atoms with E-state index >= 15 is 0 Å². The van der Waals surface area contributed by atoms with Crippen molar-refractivity contribution in [3.63, 3.8) is 0 Å². The summed E-state index contributed by atoms with van der Waals surface area (Å²) in [6.07, 6.45) is -1.44. The van der Waals surface area contributed by atoms with Crippen LogP contribution in [0.15, 0.2) is 18.3 Å². The van der Waals surface area contributed by atoms with Gasteiger partial charge in [-0.2, -0.15) is 27.7 Å². The molecule has 0 saturated heterocycles. The Kier molecular flexibility index (Phi) is 3.43. The van der Waals surface area contributed by atoms with Crippen molar-refractivity contribution in [2.24, 2.45) is 0 Å². The Balaban J connectivity index is 1.97. The zero-order chi connectivity index (χ0) is 17.1. The van der Waals surface area contributed by atoms with E-state index < -0.39 is 17.4 Å². The first-order valence-electron chi connectivity index (χ1n) is 7.00. The molecule has 4 rings (SSSR count). The molecule has 5 nitrogen and oxygen atoms in total. The van der Waals surface area contributed by atoms with Crippen LogP contribution in [-0.2, 0) is 6.18 Å². The third-order valence-electron chi connectivity index (χ3n) is 3.70. The summed E-state index contributed by atoms with van der Waals surface area (Å²) < 4.78 is 40.9. The Labute approximate surface area is 143 Å². The zero-order valence-electron chi connectivity index (χ0n) is 11.8. The zero-order valence-corrected chi connectivity index (χ0v) is 13.4. The Morgan fingerprint density at radius 3 is 2.58 bits per heavy atom. The van der Waals surface area contributed by atoms with Gasteiger partial charge in [0.1, 0.15) is 10.3 Å². The Hall–Kier alpha value is -1.93. The molecular formula is C14H8Cl2F3N5. The van der Waals surface area contributed by atoms with E-state index in [2.05, 4.69) is 20.1 Å². The molecule has 1 fully saturated rings. The van der Waals surface area contributed by atoms with E-state index in [4.69, 9.17) is 23.2 Å². The van der Waals surface area contributed by atoms with Crippen molar-refractivity contribution in [2.75, 3.05) is 0 Å². The third kappa shape index (κ3) is 2.50. The summed E-state index contributed by atoms with van der Waals surface area (Å²) in [5.41, 5.74) is -1.46. The molecule has 0 unspecified atom stereocenters. The van der Waals surface area contributed by atoms with Crippen molar-refractivity contribution in [3.8, 4) is 11.3 Å². The molecular weight excluding hydrogens is 366 g/mol. The summed E-state index contributed by atoms with van der Waals surface area (Å²) in [5.74, 6) is 0.959. The lowest BCUT2D eigenvalue weighted by molar-refractivity contribution is -0.137. The Morgan fingerprint density at radius 2 is 1.92 bits per heavy atom. The lowest BCUT2D eigenvalue weighted by Gasteiger charge is -2.13. The maximum absolute atomic E-state index is 13.2. The molecule has 124 valence electrons. The van der Waals surface area contributed by atoms with Gasteiger partial charge in [-0.15, -0.1) is 5.10 Å². The van der Waals surface area contributed by atoms with E-state index in [0.717, 1.165) is 18.9 Å². The van der Waals surface area contributed by atoms with Gasteiger partial charge in [0.25, 0.3) is 5.78 Å². The first-order chi connectivity index (χ1) is 11.4. The highest BCUT2D eigenvalue weighted by atomic mass is 35.5. The fraction of sp³-hybridized carbons (Fsp3) is 0.286. The molecule has 0 N–H and O–H groups in total. The van der Waals surface area contributed by atoms with Gasteiger partial charge < -0.3 is 0 Å². The second-order valence-corrected chi connectivity index (χ2v) is 6.14. The highest BCUT2D eigenvalue weighted by Crippen LogP contribution is 2.42. The van der Waals surface area contributed by atoms with Crippen molar-refractivity contribution < 1.29 is 13.2 Å². The smallest absolute Gasteiger partial charge is 0.255 e. The van der Waals surface area contributed by atoms with Crippen molar-refractivity contribution in [3.05, 3.63) is 40.0 Å². The first kappa shape index (κ1) is 15.6. The predicted octanol–water partition coefficient (Wildman–Crippen LogP) is 4.39. The number of rotatable bonds is 2. The lowest BCUT2D eigenvalue weighted by Crippen LogP contribution is -2.09. The molecule has 0 atom stereocenters. The number of hydrogen-bond acceptors (Lipinski definition) is 4. The van der Waals surface area contributed by atoms with Gasteiger partial charge in [0, 0.05) is 12.1 Å². The number of hydrogen-bond donors (Lipinski definition) is 0. The Bertz CT molecular complexity index is 949. The monoisotopic (exact) mass is 373 g/mol. The molecule has 0 aliphatic heterocycles. The molecule has 0 spiro atoms. The minimum Gasteiger partial charge on any atom is -0.255 e. The van der Waals surface area contributed by atoms with Crippen LogP contribution in [-0.4, -0.2) is 24.6 Å². The number of halogens is 5. The van der Waals surface area contributed by atoms with E-state index in [1.54, 1.807) is 0 Å². The normalized spacial score (nSPS) is 15.2. The molecule has 3 aromatic heterocycles. The maximum Gasteiger partial charge on any atom is 0.418 e. The molecule has 0 aromatic carbocycles. The van der Waals surface area contributed by atoms with Gasteiger partial charge in [-0.25, -0.2) is 0 Å². The molecule has 24 heavy (non-hydrogen) atoms. The van der Waals surface area contributed by atoms with Crippen molar-refractivity contribution >= 4 is 29.0 Å². The van der Waals surface area contributed by atoms with Gasteiger partial charge in [-0.1, -0.05) is 23.2 Å². The summed E-state index contributed by atoms with van der Waals surface area (Å²) in [6.45, 7) is 0. The second-order valence-electron chi connectivity index (χ2n) is 5.42. The van der Waals surface area contributed by atoms with Crippen molar-refractivity contribution in [1.82, 2.24) is 24.6 Å². The molecule has 3 heterocycles. The van der Waals surface area contributed by atoms with Gasteiger partial charge in [0.2, 0.25) is 0 Å². The summed E-state index contributed by atoms with van der Waals surface area (Å²) in [4.78, 5) is 12.1. The second kappa shape index (κ2) is 5.29. The minimum atomic E-state index is -4.60. The van der Waals surface area contributed by atoms with Crippen LogP contribution >= 0.6 is 23.2 Å². The van der Waals surface area contributed by atoms with Gasteiger partial charge in [0.15, 0.2) is 5.82 Å². The average molecular weight is 374 g/mol. The SMILES string of the molecule is FC(F)(F)c1cccnc1-c1c(Cl)nc2nc(C3CC3)nn2c1Cl. The highest BCUT2D eigenvalue weighted by molar-refractivity contribution is 6.38. The summed E-state index contributed by atoms with van der Waals surface area (Å²) in [7, 11) is 0. The molecule has 10 heteroatoms. The van der Waals surface area contributed by atoms with Crippen molar-refractivity contribution in [1.29, 1.82) is 0 Å². The van der Waals surface area contributed by atoms with Crippen molar-refractivity contribution in [2.45, 2.75) is 24.9 Å². The molecule has 1 saturated carbocycles. The summed E-state index contributed by atoms with van der Waals surface area (Å²) in [6, 6.07) is 2.11. The number of nitrogens with zero attached hydrogens (tertiary/aromatic N) is 5. The van der Waals surface area contributed by atoms with E-state index in [1.807, 2.05) is 0 Å². The highest BCUT2D eigenvalue weighted by Gasteiger charge is 2.36. The third-order valence-corrected chi connectivity index (χ3v) is 4.32. The molecule has 3 aromatic rings. The molecule has 0 amide bonds. The number of fused-ring (bicyclic) bond motifs is 1. The largest absolute Gasteiger partial charge is 0.418 e. The van der Waals surface area contributed by atoms with Gasteiger partial charge in [-0.3, -0.25) is 4.98 Å². The summed E-state index contributed by atoms with van der Waals surface area (Å²) in [5, 5.41) is 3.93. The average Bonchev–Trinajstić information content (AvgIpc) is 3.27. The van der Waals surface area contributed by atoms with E-state index in [9.17, 15) is 13.2 Å². The fourth-order valence-electron chi connectivity index (χ4n) is 2.40. The van der Waals surface area contributed by atoms with Crippen LogP contribution in [0.25, 0.3) is 17.0 Å². The van der Waals surface area contributed by atoms with Crippen LogP contribution in [0.3, 0.4) is 0 Å². The van der Waals surface area contributed by atoms with E-state index in [1.165, 1.54) is 16.8 Å². The van der Waals surface area contributed by atoms with E-state index in [-0.39, 0.29) is 27.6 Å². The van der Waals surface area contributed by atoms with E-state index in [0.29, 0.717) is 5.82 Å². The van der Waals surface area contributed by atoms with Gasteiger partial charge in [-0.05, 0) is 25.0 Å². The number of pyridine rings is 1. The molecule has 0 radical (unpaired) electrons. The quantitative estimate of drug-likeness (QED) is 0.625. The lowest BCUT2D eigenvalue weighted by atomic mass is 10.1. The van der Waals surface area contributed by atoms with Crippen LogP contribution in [0.1, 0.15) is 30.1 Å². The van der Waals surface area contributed by atoms with Gasteiger partial charge >= 0.3 is 6.18 Å². The topological polar surface area (TPSA) is 56.0 Å². The first-order valence-corrected chi connectivity index (χ1v) is 7.76. The maximum atomic E-state index is 13.2. The van der Waals surface area contributed by atoms with Crippen LogP contribution in [0.5, 0.6) is 0 Å². The van der Waals surface area contributed by atoms with Crippen LogP contribution < -0.4 is 0 Å². The van der Waals surface area contributed by atoms with Crippen LogP contribution in [0.4, 0.5) is 13.2 Å². The summed E-state index contributed by atoms with van der Waals surface area (Å²) >= 11 is 12.4. The van der Waals surface area contributed by atoms with Crippen LogP contribution in [0, 0.1) is 0 Å².